The van der Waals surface area contributed by atoms with E-state index in [1.165, 1.54) is 0 Å². The van der Waals surface area contributed by atoms with Crippen molar-refractivity contribution in [3.05, 3.63) is 23.8 Å². The monoisotopic (exact) mass is 252 g/mol. The van der Waals surface area contributed by atoms with Crippen molar-refractivity contribution >= 4 is 0 Å². The molecule has 0 fully saturated rings. The number of hydrogen-bond acceptors (Lipinski definition) is 4. The molecule has 4 heteroatoms. The van der Waals surface area contributed by atoms with E-state index >= 15 is 0 Å². The van der Waals surface area contributed by atoms with Crippen LogP contribution in [0.3, 0.4) is 0 Å². The van der Waals surface area contributed by atoms with Crippen LogP contribution in [-0.2, 0) is 0 Å². The molecule has 0 radical (unpaired) electrons. The van der Waals surface area contributed by atoms with Gasteiger partial charge in [0, 0.05) is 24.2 Å². The van der Waals surface area contributed by atoms with E-state index in [1.807, 2.05) is 18.2 Å². The highest BCUT2D eigenvalue weighted by Gasteiger charge is 2.15. The minimum atomic E-state index is -0.0502. The Morgan fingerprint density at radius 3 is 2.33 bits per heavy atom. The van der Waals surface area contributed by atoms with Gasteiger partial charge in [-0.1, -0.05) is 19.9 Å². The van der Waals surface area contributed by atoms with Crippen molar-refractivity contribution in [3.8, 4) is 11.5 Å². The molecule has 0 bridgehead atoms. The first-order valence-corrected chi connectivity index (χ1v) is 6.36. The lowest BCUT2D eigenvalue weighted by atomic mass is 10.1. The number of likely N-dealkylation sites (N-methyl/N-ethyl adjacent to an activating group) is 1. The average molecular weight is 252 g/mol. The number of nitrogens with zero attached hydrogens (tertiary/aromatic N) is 1. The van der Waals surface area contributed by atoms with Gasteiger partial charge in [-0.15, -0.1) is 0 Å². The second-order valence-electron chi connectivity index (χ2n) is 4.20. The molecule has 1 aromatic rings. The van der Waals surface area contributed by atoms with Crippen molar-refractivity contribution in [1.82, 2.24) is 4.90 Å². The van der Waals surface area contributed by atoms with E-state index in [4.69, 9.17) is 15.2 Å². The van der Waals surface area contributed by atoms with Gasteiger partial charge < -0.3 is 20.1 Å². The number of methoxy groups -OCH3 is 2. The highest BCUT2D eigenvalue weighted by atomic mass is 16.5. The van der Waals surface area contributed by atoms with Crippen molar-refractivity contribution in [1.29, 1.82) is 0 Å². The normalized spacial score (nSPS) is 12.6. The highest BCUT2D eigenvalue weighted by Crippen LogP contribution is 2.28. The molecule has 0 aliphatic carbocycles. The van der Waals surface area contributed by atoms with Crippen LogP contribution in [0.2, 0.25) is 0 Å². The third-order valence-electron chi connectivity index (χ3n) is 3.19. The lowest BCUT2D eigenvalue weighted by Gasteiger charge is -2.24. The zero-order valence-electron chi connectivity index (χ0n) is 11.8. The lowest BCUT2D eigenvalue weighted by molar-refractivity contribution is 0.281. The summed E-state index contributed by atoms with van der Waals surface area (Å²) in [5, 5.41) is 0. The van der Waals surface area contributed by atoms with Gasteiger partial charge in [0.1, 0.15) is 11.5 Å². The average Bonchev–Trinajstić information content (AvgIpc) is 2.43. The number of rotatable bonds is 7. The quantitative estimate of drug-likeness (QED) is 0.807. The summed E-state index contributed by atoms with van der Waals surface area (Å²) in [5.41, 5.74) is 7.27. The van der Waals surface area contributed by atoms with Gasteiger partial charge in [0.15, 0.2) is 0 Å². The second kappa shape index (κ2) is 7.24. The van der Waals surface area contributed by atoms with Gasteiger partial charge >= 0.3 is 0 Å². The summed E-state index contributed by atoms with van der Waals surface area (Å²) in [6, 6.07) is 5.72. The van der Waals surface area contributed by atoms with Crippen LogP contribution in [0.15, 0.2) is 18.2 Å². The van der Waals surface area contributed by atoms with Crippen LogP contribution < -0.4 is 15.2 Å². The van der Waals surface area contributed by atoms with Crippen molar-refractivity contribution in [2.24, 2.45) is 5.73 Å². The van der Waals surface area contributed by atoms with Crippen LogP contribution in [0.5, 0.6) is 11.5 Å². The van der Waals surface area contributed by atoms with E-state index in [0.717, 1.165) is 36.7 Å². The van der Waals surface area contributed by atoms with Crippen LogP contribution >= 0.6 is 0 Å². The molecule has 102 valence electrons. The Kier molecular flexibility index (Phi) is 5.95. The molecular formula is C14H24N2O2. The van der Waals surface area contributed by atoms with Gasteiger partial charge in [-0.3, -0.25) is 0 Å². The van der Waals surface area contributed by atoms with Crippen LogP contribution in [0.1, 0.15) is 25.5 Å². The summed E-state index contributed by atoms with van der Waals surface area (Å²) in [4.78, 5) is 2.30. The molecule has 2 N–H and O–H groups in total. The molecule has 0 spiro atoms. The summed E-state index contributed by atoms with van der Waals surface area (Å²) >= 11 is 0. The van der Waals surface area contributed by atoms with E-state index in [9.17, 15) is 0 Å². The van der Waals surface area contributed by atoms with E-state index in [2.05, 4.69) is 18.7 Å². The fourth-order valence-electron chi connectivity index (χ4n) is 1.98. The largest absolute Gasteiger partial charge is 0.497 e. The molecule has 18 heavy (non-hydrogen) atoms. The van der Waals surface area contributed by atoms with Crippen LogP contribution in [-0.4, -0.2) is 38.8 Å². The maximum absolute atomic E-state index is 6.25. The zero-order chi connectivity index (χ0) is 13.5. The second-order valence-corrected chi connectivity index (χ2v) is 4.20. The topological polar surface area (TPSA) is 47.7 Å². The van der Waals surface area contributed by atoms with Gasteiger partial charge in [0.05, 0.1) is 14.2 Å². The molecule has 4 nitrogen and oxygen atoms in total. The van der Waals surface area contributed by atoms with Crippen molar-refractivity contribution in [2.75, 3.05) is 33.9 Å². The lowest BCUT2D eigenvalue weighted by Crippen LogP contribution is -2.32. The molecule has 1 rings (SSSR count). The maximum atomic E-state index is 6.25. The van der Waals surface area contributed by atoms with Gasteiger partial charge in [0.2, 0.25) is 0 Å². The summed E-state index contributed by atoms with van der Waals surface area (Å²) < 4.78 is 10.6. The predicted octanol–water partition coefficient (Wildman–Crippen LogP) is 2.05. The number of benzene rings is 1. The van der Waals surface area contributed by atoms with E-state index in [0.29, 0.717) is 0 Å². The van der Waals surface area contributed by atoms with Crippen molar-refractivity contribution < 1.29 is 9.47 Å². The SMILES string of the molecule is CCN(CC)CC(N)c1ccc(OC)cc1OC. The molecule has 0 aliphatic heterocycles. The van der Waals surface area contributed by atoms with Crippen molar-refractivity contribution in [2.45, 2.75) is 19.9 Å². The molecule has 0 aliphatic rings. The van der Waals surface area contributed by atoms with E-state index < -0.39 is 0 Å². The molecule has 1 atom stereocenters. The first-order chi connectivity index (χ1) is 8.65. The highest BCUT2D eigenvalue weighted by molar-refractivity contribution is 5.42. The Bertz CT molecular complexity index is 365. The van der Waals surface area contributed by atoms with Gasteiger partial charge in [-0.25, -0.2) is 0 Å². The molecule has 0 saturated heterocycles. The predicted molar refractivity (Wildman–Crippen MR) is 74.3 cm³/mol. The Morgan fingerprint density at radius 2 is 1.83 bits per heavy atom. The first-order valence-electron chi connectivity index (χ1n) is 6.36. The summed E-state index contributed by atoms with van der Waals surface area (Å²) in [7, 11) is 3.30. The van der Waals surface area contributed by atoms with Crippen molar-refractivity contribution in [3.63, 3.8) is 0 Å². The fraction of sp³-hybridized carbons (Fsp3) is 0.571. The summed E-state index contributed by atoms with van der Waals surface area (Å²) in [6.07, 6.45) is 0. The van der Waals surface area contributed by atoms with Crippen LogP contribution in [0.25, 0.3) is 0 Å². The number of nitrogens with two attached hydrogens (primary N) is 1. The molecule has 0 amide bonds. The fourth-order valence-corrected chi connectivity index (χ4v) is 1.98. The molecule has 1 unspecified atom stereocenters. The molecule has 0 heterocycles. The Labute approximate surface area is 110 Å². The summed E-state index contributed by atoms with van der Waals surface area (Å²) in [5.74, 6) is 1.57. The number of ether oxygens (including phenoxy) is 2. The number of hydrogen-bond donors (Lipinski definition) is 1. The maximum Gasteiger partial charge on any atom is 0.127 e. The Balaban J connectivity index is 2.87. The third-order valence-corrected chi connectivity index (χ3v) is 3.19. The first kappa shape index (κ1) is 14.8. The standard InChI is InChI=1S/C14H24N2O2/c1-5-16(6-2)10-13(15)12-8-7-11(17-3)9-14(12)18-4/h7-9,13H,5-6,10,15H2,1-4H3. The van der Waals surface area contributed by atoms with Gasteiger partial charge in [-0.05, 0) is 19.2 Å². The molecule has 0 aromatic heterocycles. The smallest absolute Gasteiger partial charge is 0.127 e. The summed E-state index contributed by atoms with van der Waals surface area (Å²) in [6.45, 7) is 7.12. The molecule has 0 saturated carbocycles. The minimum absolute atomic E-state index is 0.0502. The van der Waals surface area contributed by atoms with Gasteiger partial charge in [0.25, 0.3) is 0 Å². The third kappa shape index (κ3) is 3.62. The zero-order valence-corrected chi connectivity index (χ0v) is 11.8. The minimum Gasteiger partial charge on any atom is -0.497 e. The van der Waals surface area contributed by atoms with Crippen LogP contribution in [0, 0.1) is 0 Å². The molecule has 1 aromatic carbocycles. The van der Waals surface area contributed by atoms with Crippen LogP contribution in [0.4, 0.5) is 0 Å². The van der Waals surface area contributed by atoms with E-state index in [-0.39, 0.29) is 6.04 Å². The van der Waals surface area contributed by atoms with E-state index in [1.54, 1.807) is 14.2 Å². The molecular weight excluding hydrogens is 228 g/mol. The Hall–Kier alpha value is -1.26. The Morgan fingerprint density at radius 1 is 1.17 bits per heavy atom. The van der Waals surface area contributed by atoms with Gasteiger partial charge in [-0.2, -0.15) is 0 Å².